The zero-order valence-electron chi connectivity index (χ0n) is 13.1. The number of nitrogens with one attached hydrogen (secondary N) is 1. The molecular formula is C16H20N2O3S2. The van der Waals surface area contributed by atoms with E-state index in [0.29, 0.717) is 6.54 Å². The molecule has 1 aromatic rings. The highest BCUT2D eigenvalue weighted by molar-refractivity contribution is 8.00. The summed E-state index contributed by atoms with van der Waals surface area (Å²) in [5.74, 6) is -0.0466. The molecule has 0 saturated carbocycles. The van der Waals surface area contributed by atoms with Crippen LogP contribution in [0.5, 0.6) is 0 Å². The van der Waals surface area contributed by atoms with Gasteiger partial charge in [-0.3, -0.25) is 9.59 Å². The van der Waals surface area contributed by atoms with Gasteiger partial charge in [-0.1, -0.05) is 6.08 Å². The van der Waals surface area contributed by atoms with Crippen LogP contribution >= 0.6 is 23.1 Å². The zero-order valence-corrected chi connectivity index (χ0v) is 14.7. The normalized spacial score (nSPS) is 19.6. The Hall–Kier alpha value is -1.47. The number of hydrogen-bond donors (Lipinski definition) is 1. The van der Waals surface area contributed by atoms with Crippen molar-refractivity contribution in [2.24, 2.45) is 0 Å². The second kappa shape index (κ2) is 6.97. The largest absolute Gasteiger partial charge is 0.468 e. The second-order valence-electron chi connectivity index (χ2n) is 5.55. The molecule has 3 rings (SSSR count). The van der Waals surface area contributed by atoms with Gasteiger partial charge < -0.3 is 15.0 Å². The fraction of sp³-hybridized carbons (Fsp3) is 0.500. The monoisotopic (exact) mass is 352 g/mol. The maximum atomic E-state index is 13.0. The molecule has 0 fully saturated rings. The van der Waals surface area contributed by atoms with Crippen molar-refractivity contribution in [2.75, 3.05) is 24.7 Å². The van der Waals surface area contributed by atoms with Crippen molar-refractivity contribution in [2.45, 2.75) is 31.2 Å². The van der Waals surface area contributed by atoms with Crippen molar-refractivity contribution in [3.8, 4) is 0 Å². The van der Waals surface area contributed by atoms with Crippen molar-refractivity contribution in [3.63, 3.8) is 0 Å². The molecule has 0 aromatic carbocycles. The first kappa shape index (κ1) is 16.4. The van der Waals surface area contributed by atoms with Crippen LogP contribution in [0, 0.1) is 0 Å². The van der Waals surface area contributed by atoms with Crippen LogP contribution in [0.2, 0.25) is 0 Å². The highest BCUT2D eigenvalue weighted by Gasteiger charge is 2.36. The minimum atomic E-state index is -0.293. The third-order valence-corrected chi connectivity index (χ3v) is 6.41. The number of methoxy groups -OCH3 is 1. The molecule has 1 amide bonds. The number of nitrogens with zero attached hydrogens (tertiary/aromatic N) is 1. The van der Waals surface area contributed by atoms with Crippen molar-refractivity contribution in [1.82, 2.24) is 4.90 Å². The number of fused-ring (bicyclic) bond motifs is 3. The molecule has 5 nitrogen and oxygen atoms in total. The first-order valence-corrected chi connectivity index (χ1v) is 9.53. The van der Waals surface area contributed by atoms with Crippen LogP contribution < -0.4 is 5.32 Å². The molecule has 0 radical (unpaired) electrons. The van der Waals surface area contributed by atoms with Gasteiger partial charge in [0.05, 0.1) is 18.4 Å². The summed E-state index contributed by atoms with van der Waals surface area (Å²) < 4.78 is 4.69. The molecule has 124 valence electrons. The lowest BCUT2D eigenvalue weighted by atomic mass is 9.94. The lowest BCUT2D eigenvalue weighted by molar-refractivity contribution is -0.137. The first-order valence-electron chi connectivity index (χ1n) is 7.67. The maximum Gasteiger partial charge on any atom is 0.315 e. The fourth-order valence-corrected chi connectivity index (χ4v) is 5.34. The average molecular weight is 352 g/mol. The predicted octanol–water partition coefficient (Wildman–Crippen LogP) is 2.87. The molecule has 0 spiro atoms. The molecule has 1 aliphatic heterocycles. The third kappa shape index (κ3) is 3.12. The van der Waals surface area contributed by atoms with Gasteiger partial charge in [0.15, 0.2) is 5.50 Å². The van der Waals surface area contributed by atoms with Crippen molar-refractivity contribution in [3.05, 3.63) is 28.7 Å². The van der Waals surface area contributed by atoms with Crippen molar-refractivity contribution < 1.29 is 14.3 Å². The number of thiophene rings is 1. The van der Waals surface area contributed by atoms with E-state index in [2.05, 4.69) is 11.9 Å². The summed E-state index contributed by atoms with van der Waals surface area (Å²) in [4.78, 5) is 27.5. The molecule has 1 N–H and O–H groups in total. The Kier molecular flexibility index (Phi) is 4.96. The Balaban J connectivity index is 1.88. The van der Waals surface area contributed by atoms with Crippen LogP contribution in [-0.4, -0.2) is 41.7 Å². The predicted molar refractivity (Wildman–Crippen MR) is 94.1 cm³/mol. The van der Waals surface area contributed by atoms with E-state index >= 15 is 0 Å². The number of esters is 1. The molecule has 1 unspecified atom stereocenters. The molecule has 0 saturated heterocycles. The molecule has 7 heteroatoms. The van der Waals surface area contributed by atoms with Crippen LogP contribution in [0.4, 0.5) is 5.00 Å². The van der Waals surface area contributed by atoms with Gasteiger partial charge in [-0.25, -0.2) is 0 Å². The molecule has 23 heavy (non-hydrogen) atoms. The smallest absolute Gasteiger partial charge is 0.315 e. The lowest BCUT2D eigenvalue weighted by Gasteiger charge is -2.35. The zero-order chi connectivity index (χ0) is 16.4. The minimum absolute atomic E-state index is 0.0421. The van der Waals surface area contributed by atoms with Crippen LogP contribution in [-0.2, 0) is 22.4 Å². The number of hydrogen-bond acceptors (Lipinski definition) is 6. The Bertz CT molecular complexity index is 642. The van der Waals surface area contributed by atoms with E-state index in [9.17, 15) is 9.59 Å². The Labute approximate surface area is 144 Å². The number of carbonyl (C=O) groups is 2. The van der Waals surface area contributed by atoms with Gasteiger partial charge in [0.1, 0.15) is 5.00 Å². The Morgan fingerprint density at radius 3 is 3.04 bits per heavy atom. The number of carbonyl (C=O) groups excluding carboxylic acids is 2. The van der Waals surface area contributed by atoms with E-state index in [-0.39, 0.29) is 23.1 Å². The van der Waals surface area contributed by atoms with Gasteiger partial charge in [-0.05, 0) is 31.2 Å². The number of aryl methyl sites for hydroxylation is 1. The summed E-state index contributed by atoms with van der Waals surface area (Å²) in [6, 6.07) is 0. The highest BCUT2D eigenvalue weighted by atomic mass is 32.2. The Morgan fingerprint density at radius 1 is 1.52 bits per heavy atom. The summed E-state index contributed by atoms with van der Waals surface area (Å²) in [5, 5.41) is 4.38. The van der Waals surface area contributed by atoms with Gasteiger partial charge in [0.2, 0.25) is 0 Å². The topological polar surface area (TPSA) is 58.6 Å². The number of amides is 1. The number of ether oxygens (including phenoxy) is 1. The van der Waals surface area contributed by atoms with E-state index in [0.717, 1.165) is 29.8 Å². The van der Waals surface area contributed by atoms with Gasteiger partial charge in [-0.15, -0.1) is 29.7 Å². The maximum absolute atomic E-state index is 13.0. The summed E-state index contributed by atoms with van der Waals surface area (Å²) in [7, 11) is 1.37. The van der Waals surface area contributed by atoms with E-state index < -0.39 is 0 Å². The van der Waals surface area contributed by atoms with Gasteiger partial charge in [0, 0.05) is 11.4 Å². The van der Waals surface area contributed by atoms with Crippen LogP contribution in [0.25, 0.3) is 0 Å². The molecule has 0 bridgehead atoms. The first-order chi connectivity index (χ1) is 11.2. The standard InChI is InChI=1S/C16H20N2O3S2/c1-3-8-18-15(20)13-10-6-4-5-7-11(10)23-14(13)17-16(18)22-9-12(19)21-2/h3,16-17H,1,4-9H2,2H3. The van der Waals surface area contributed by atoms with Crippen molar-refractivity contribution in [1.29, 1.82) is 0 Å². The average Bonchev–Trinajstić information content (AvgIpc) is 2.94. The van der Waals surface area contributed by atoms with Gasteiger partial charge >= 0.3 is 5.97 Å². The molecule has 2 aliphatic rings. The number of rotatable bonds is 5. The number of anilines is 1. The van der Waals surface area contributed by atoms with E-state index in [4.69, 9.17) is 4.74 Å². The van der Waals surface area contributed by atoms with Gasteiger partial charge in [0.25, 0.3) is 5.91 Å². The number of thioether (sulfide) groups is 1. The van der Waals surface area contributed by atoms with E-state index in [1.54, 1.807) is 22.3 Å². The summed E-state index contributed by atoms with van der Waals surface area (Å²) in [6.07, 6.45) is 6.10. The van der Waals surface area contributed by atoms with Crippen LogP contribution in [0.1, 0.15) is 33.6 Å². The summed E-state index contributed by atoms with van der Waals surface area (Å²) in [5.41, 5.74) is 1.79. The molecule has 1 aromatic heterocycles. The Morgan fingerprint density at radius 2 is 2.30 bits per heavy atom. The summed E-state index contributed by atoms with van der Waals surface area (Å²) >= 11 is 3.06. The van der Waals surface area contributed by atoms with Gasteiger partial charge in [-0.2, -0.15) is 0 Å². The van der Waals surface area contributed by atoms with E-state index in [1.165, 1.54) is 35.7 Å². The quantitative estimate of drug-likeness (QED) is 0.652. The summed E-state index contributed by atoms with van der Waals surface area (Å²) in [6.45, 7) is 4.20. The van der Waals surface area contributed by atoms with Crippen LogP contribution in [0.3, 0.4) is 0 Å². The SMILES string of the molecule is C=CCN1C(=O)c2c(sc3c2CCCC3)NC1SCC(=O)OC. The molecule has 1 atom stereocenters. The molecule has 2 heterocycles. The lowest BCUT2D eigenvalue weighted by Crippen LogP contribution is -2.47. The van der Waals surface area contributed by atoms with E-state index in [1.807, 2.05) is 0 Å². The highest BCUT2D eigenvalue weighted by Crippen LogP contribution is 2.42. The van der Waals surface area contributed by atoms with Crippen LogP contribution in [0.15, 0.2) is 12.7 Å². The van der Waals surface area contributed by atoms with Crippen molar-refractivity contribution >= 4 is 40.0 Å². The molecule has 1 aliphatic carbocycles. The second-order valence-corrected chi connectivity index (χ2v) is 7.72. The molecular weight excluding hydrogens is 332 g/mol. The third-order valence-electron chi connectivity index (χ3n) is 4.10. The fourth-order valence-electron chi connectivity index (χ4n) is 2.99. The minimum Gasteiger partial charge on any atom is -0.468 e.